The maximum absolute atomic E-state index is 12.1. The fourth-order valence-corrected chi connectivity index (χ4v) is 2.94. The average Bonchev–Trinajstić information content (AvgIpc) is 3.17. The summed E-state index contributed by atoms with van der Waals surface area (Å²) >= 11 is 12.1. The van der Waals surface area contributed by atoms with Gasteiger partial charge < -0.3 is 14.6 Å². The number of halogens is 2. The minimum Gasteiger partial charge on any atom is -0.484 e. The van der Waals surface area contributed by atoms with Crippen LogP contribution in [0.4, 0.5) is 5.69 Å². The lowest BCUT2D eigenvalue weighted by Gasteiger charge is -2.10. The van der Waals surface area contributed by atoms with Crippen molar-refractivity contribution in [2.45, 2.75) is 26.2 Å². The summed E-state index contributed by atoms with van der Waals surface area (Å²) in [6.07, 6.45) is 2.85. The van der Waals surface area contributed by atoms with Gasteiger partial charge in [0, 0.05) is 12.0 Å². The van der Waals surface area contributed by atoms with Crippen molar-refractivity contribution in [1.82, 2.24) is 10.1 Å². The Labute approximate surface area is 172 Å². The second-order valence-corrected chi connectivity index (χ2v) is 6.89. The number of unbranched alkanes of at least 4 members (excludes halogenated alkanes) is 1. The first kappa shape index (κ1) is 20.2. The average molecular weight is 420 g/mol. The topological polar surface area (TPSA) is 77.2 Å². The molecular formula is C20H19Cl2N3O3. The van der Waals surface area contributed by atoms with Crippen LogP contribution in [0.25, 0.3) is 11.4 Å². The monoisotopic (exact) mass is 419 g/mol. The largest absolute Gasteiger partial charge is 0.484 e. The van der Waals surface area contributed by atoms with E-state index in [-0.39, 0.29) is 12.5 Å². The molecule has 0 bridgehead atoms. The van der Waals surface area contributed by atoms with Crippen LogP contribution in [-0.4, -0.2) is 22.7 Å². The van der Waals surface area contributed by atoms with Crippen LogP contribution in [0.2, 0.25) is 10.0 Å². The van der Waals surface area contributed by atoms with Crippen LogP contribution in [0.1, 0.15) is 25.7 Å². The molecule has 0 aliphatic carbocycles. The number of para-hydroxylation sites is 1. The Morgan fingerprint density at radius 2 is 1.86 bits per heavy atom. The van der Waals surface area contributed by atoms with E-state index in [1.807, 2.05) is 12.1 Å². The molecule has 2 aromatic carbocycles. The maximum atomic E-state index is 12.1. The molecule has 146 valence electrons. The van der Waals surface area contributed by atoms with E-state index in [0.29, 0.717) is 33.2 Å². The van der Waals surface area contributed by atoms with Crippen molar-refractivity contribution in [2.24, 2.45) is 0 Å². The van der Waals surface area contributed by atoms with Gasteiger partial charge in [0.25, 0.3) is 5.91 Å². The van der Waals surface area contributed by atoms with Gasteiger partial charge in [-0.2, -0.15) is 4.98 Å². The van der Waals surface area contributed by atoms with E-state index in [4.69, 9.17) is 32.5 Å². The lowest BCUT2D eigenvalue weighted by Crippen LogP contribution is -2.20. The number of rotatable bonds is 8. The fourth-order valence-electron chi connectivity index (χ4n) is 2.44. The smallest absolute Gasteiger partial charge is 0.262 e. The summed E-state index contributed by atoms with van der Waals surface area (Å²) in [6, 6.07) is 12.1. The highest BCUT2D eigenvalue weighted by Gasteiger charge is 2.11. The molecule has 8 heteroatoms. The van der Waals surface area contributed by atoms with Crippen molar-refractivity contribution in [3.05, 3.63) is 58.4 Å². The molecule has 0 radical (unpaired) electrons. The van der Waals surface area contributed by atoms with Crippen LogP contribution < -0.4 is 10.1 Å². The fraction of sp³-hybridized carbons (Fsp3) is 0.250. The zero-order valence-electron chi connectivity index (χ0n) is 15.2. The molecule has 0 aliphatic heterocycles. The number of benzene rings is 2. The van der Waals surface area contributed by atoms with Gasteiger partial charge in [-0.05, 0) is 42.8 Å². The summed E-state index contributed by atoms with van der Waals surface area (Å²) in [6.45, 7) is 1.93. The number of carbonyl (C=O) groups excluding carboxylic acids is 1. The quantitative estimate of drug-likeness (QED) is 0.528. The zero-order valence-corrected chi connectivity index (χ0v) is 16.8. The highest BCUT2D eigenvalue weighted by Crippen LogP contribution is 2.29. The summed E-state index contributed by atoms with van der Waals surface area (Å²) < 4.78 is 10.7. The van der Waals surface area contributed by atoms with Crippen LogP contribution in [0.3, 0.4) is 0 Å². The van der Waals surface area contributed by atoms with Crippen molar-refractivity contribution in [2.75, 3.05) is 11.9 Å². The molecule has 0 atom stereocenters. The number of carbonyl (C=O) groups is 1. The lowest BCUT2D eigenvalue weighted by atomic mass is 10.2. The van der Waals surface area contributed by atoms with Gasteiger partial charge in [-0.25, -0.2) is 0 Å². The van der Waals surface area contributed by atoms with Crippen LogP contribution >= 0.6 is 23.2 Å². The molecule has 3 rings (SSSR count). The SMILES string of the molecule is CCCCc1nc(-c2ccc(OCC(=O)Nc3c(Cl)cccc3Cl)cc2)no1. The molecular weight excluding hydrogens is 401 g/mol. The van der Waals surface area contributed by atoms with Gasteiger partial charge in [0.2, 0.25) is 11.7 Å². The number of anilines is 1. The molecule has 0 aliphatic rings. The molecule has 1 N–H and O–H groups in total. The molecule has 0 saturated carbocycles. The number of nitrogens with one attached hydrogen (secondary N) is 1. The molecule has 28 heavy (non-hydrogen) atoms. The van der Waals surface area contributed by atoms with E-state index in [9.17, 15) is 4.79 Å². The maximum Gasteiger partial charge on any atom is 0.262 e. The molecule has 0 saturated heterocycles. The van der Waals surface area contributed by atoms with Crippen molar-refractivity contribution < 1.29 is 14.1 Å². The van der Waals surface area contributed by atoms with Crippen LogP contribution in [0.15, 0.2) is 47.0 Å². The second kappa shape index (κ2) is 9.57. The Hall–Kier alpha value is -2.57. The highest BCUT2D eigenvalue weighted by molar-refractivity contribution is 6.39. The third-order valence-electron chi connectivity index (χ3n) is 3.92. The summed E-state index contributed by atoms with van der Waals surface area (Å²) in [5.41, 5.74) is 1.18. The van der Waals surface area contributed by atoms with Crippen LogP contribution in [0, 0.1) is 0 Å². The first-order valence-electron chi connectivity index (χ1n) is 8.86. The van der Waals surface area contributed by atoms with E-state index in [1.54, 1.807) is 30.3 Å². The Bertz CT molecular complexity index is 922. The molecule has 3 aromatic rings. The van der Waals surface area contributed by atoms with E-state index in [0.717, 1.165) is 24.8 Å². The molecule has 1 amide bonds. The van der Waals surface area contributed by atoms with Gasteiger partial charge in [-0.15, -0.1) is 0 Å². The zero-order chi connectivity index (χ0) is 19.9. The van der Waals surface area contributed by atoms with Gasteiger partial charge in [0.15, 0.2) is 6.61 Å². The molecule has 0 unspecified atom stereocenters. The van der Waals surface area contributed by atoms with Crippen molar-refractivity contribution in [3.63, 3.8) is 0 Å². The van der Waals surface area contributed by atoms with Gasteiger partial charge >= 0.3 is 0 Å². The summed E-state index contributed by atoms with van der Waals surface area (Å²) in [5, 5.41) is 7.36. The predicted molar refractivity (Wildman–Crippen MR) is 109 cm³/mol. The number of aryl methyl sites for hydroxylation is 1. The Balaban J connectivity index is 1.55. The Morgan fingerprint density at radius 1 is 1.14 bits per heavy atom. The second-order valence-electron chi connectivity index (χ2n) is 6.07. The minimum absolute atomic E-state index is 0.176. The van der Waals surface area contributed by atoms with E-state index >= 15 is 0 Å². The number of hydrogen-bond donors (Lipinski definition) is 1. The summed E-state index contributed by atoms with van der Waals surface area (Å²) in [5.74, 6) is 1.34. The Kier molecular flexibility index (Phi) is 6.90. The predicted octanol–water partition coefficient (Wildman–Crippen LogP) is 5.40. The molecule has 1 heterocycles. The Morgan fingerprint density at radius 3 is 2.54 bits per heavy atom. The standard InChI is InChI=1S/C20H19Cl2N3O3/c1-2-3-7-18-24-20(25-28-18)13-8-10-14(11-9-13)27-12-17(26)23-19-15(21)5-4-6-16(19)22/h4-6,8-11H,2-3,7,12H2,1H3,(H,23,26). The van der Waals surface area contributed by atoms with Crippen molar-refractivity contribution in [1.29, 1.82) is 0 Å². The number of nitrogens with zero attached hydrogens (tertiary/aromatic N) is 2. The number of amides is 1. The van der Waals surface area contributed by atoms with Crippen LogP contribution in [0.5, 0.6) is 5.75 Å². The number of hydrogen-bond acceptors (Lipinski definition) is 5. The summed E-state index contributed by atoms with van der Waals surface area (Å²) in [7, 11) is 0. The normalized spacial score (nSPS) is 10.7. The highest BCUT2D eigenvalue weighted by atomic mass is 35.5. The van der Waals surface area contributed by atoms with Crippen LogP contribution in [-0.2, 0) is 11.2 Å². The van der Waals surface area contributed by atoms with Gasteiger partial charge in [0.1, 0.15) is 5.75 Å². The molecule has 0 spiro atoms. The summed E-state index contributed by atoms with van der Waals surface area (Å²) in [4.78, 5) is 16.5. The molecule has 1 aromatic heterocycles. The number of ether oxygens (including phenoxy) is 1. The van der Waals surface area contributed by atoms with E-state index in [2.05, 4.69) is 22.4 Å². The van der Waals surface area contributed by atoms with Gasteiger partial charge in [0.05, 0.1) is 15.7 Å². The third-order valence-corrected chi connectivity index (χ3v) is 4.55. The number of aromatic nitrogens is 2. The third kappa shape index (κ3) is 5.24. The molecule has 0 fully saturated rings. The van der Waals surface area contributed by atoms with E-state index in [1.165, 1.54) is 0 Å². The minimum atomic E-state index is -0.363. The van der Waals surface area contributed by atoms with Gasteiger partial charge in [-0.3, -0.25) is 4.79 Å². The lowest BCUT2D eigenvalue weighted by molar-refractivity contribution is -0.118. The van der Waals surface area contributed by atoms with Crippen molar-refractivity contribution >= 4 is 34.8 Å². The van der Waals surface area contributed by atoms with Gasteiger partial charge in [-0.1, -0.05) is 47.8 Å². The van der Waals surface area contributed by atoms with Crippen molar-refractivity contribution in [3.8, 4) is 17.1 Å². The first-order valence-corrected chi connectivity index (χ1v) is 9.62. The first-order chi connectivity index (χ1) is 13.6. The van der Waals surface area contributed by atoms with E-state index < -0.39 is 0 Å². The molecule has 6 nitrogen and oxygen atoms in total.